The lowest BCUT2D eigenvalue weighted by Crippen LogP contribution is -2.36. The van der Waals surface area contributed by atoms with Crippen LogP contribution in [0.1, 0.15) is 67.3 Å². The number of benzene rings is 1. The molecule has 0 unspecified atom stereocenters. The van der Waals surface area contributed by atoms with Gasteiger partial charge in [0.25, 0.3) is 0 Å². The lowest BCUT2D eigenvalue weighted by molar-refractivity contribution is -0.142. The number of unbranched alkanes of at least 4 members (excludes halogenated alkanes) is 4. The molecule has 1 aromatic rings. The smallest absolute Gasteiger partial charge is 0.338 e. The molecule has 1 aliphatic rings. The molecule has 0 aromatic heterocycles. The van der Waals surface area contributed by atoms with E-state index in [-0.39, 0.29) is 0 Å². The molecular formula is C17H22O4. The number of rotatable bonds is 7. The lowest BCUT2D eigenvalue weighted by atomic mass is 9.85. The maximum absolute atomic E-state index is 12.0. The number of aliphatic carboxylic acids is 1. The third kappa shape index (κ3) is 3.63. The Kier molecular flexibility index (Phi) is 5.37. The van der Waals surface area contributed by atoms with E-state index in [1.807, 2.05) is 0 Å². The Balaban J connectivity index is 2.08. The van der Waals surface area contributed by atoms with Crippen LogP contribution in [0, 0.1) is 0 Å². The summed E-state index contributed by atoms with van der Waals surface area (Å²) in [5.74, 6) is -2.07. The molecule has 0 aliphatic carbocycles. The third-order valence-corrected chi connectivity index (χ3v) is 4.00. The first-order valence-corrected chi connectivity index (χ1v) is 7.68. The average Bonchev–Trinajstić information content (AvgIpc) is 2.47. The summed E-state index contributed by atoms with van der Waals surface area (Å²) in [6, 6.07) is 6.85. The van der Waals surface area contributed by atoms with Crippen LogP contribution in [0.3, 0.4) is 0 Å². The Hall–Kier alpha value is -1.84. The van der Waals surface area contributed by atoms with Crippen LogP contribution in [0.15, 0.2) is 24.3 Å². The molecular weight excluding hydrogens is 268 g/mol. The van der Waals surface area contributed by atoms with Crippen LogP contribution in [0.25, 0.3) is 0 Å². The molecule has 0 radical (unpaired) electrons. The van der Waals surface area contributed by atoms with Gasteiger partial charge in [0.15, 0.2) is 0 Å². The zero-order chi connectivity index (χ0) is 15.2. The summed E-state index contributed by atoms with van der Waals surface area (Å²) >= 11 is 0. The number of carboxylic acids is 1. The van der Waals surface area contributed by atoms with Crippen molar-refractivity contribution >= 4 is 11.9 Å². The number of carboxylic acid groups (broad SMARTS) is 1. The minimum Gasteiger partial charge on any atom is -0.481 e. The van der Waals surface area contributed by atoms with Gasteiger partial charge in [-0.1, -0.05) is 50.8 Å². The number of hydrogen-bond donors (Lipinski definition) is 1. The third-order valence-electron chi connectivity index (χ3n) is 4.00. The highest BCUT2D eigenvalue weighted by molar-refractivity contribution is 5.95. The summed E-state index contributed by atoms with van der Waals surface area (Å²) in [6.07, 6.45) is 5.51. The zero-order valence-electron chi connectivity index (χ0n) is 12.4. The van der Waals surface area contributed by atoms with Crippen molar-refractivity contribution in [2.24, 2.45) is 0 Å². The number of esters is 1. The van der Waals surface area contributed by atoms with E-state index in [1.165, 1.54) is 12.8 Å². The van der Waals surface area contributed by atoms with Crippen molar-refractivity contribution < 1.29 is 19.4 Å². The van der Waals surface area contributed by atoms with Gasteiger partial charge in [-0.2, -0.15) is 0 Å². The molecule has 1 heterocycles. The van der Waals surface area contributed by atoms with Crippen LogP contribution in [0.4, 0.5) is 0 Å². The van der Waals surface area contributed by atoms with Crippen molar-refractivity contribution in [2.45, 2.75) is 57.5 Å². The predicted octanol–water partition coefficient (Wildman–Crippen LogP) is 3.75. The second-order valence-electron chi connectivity index (χ2n) is 5.55. The fourth-order valence-corrected chi connectivity index (χ4v) is 2.89. The first kappa shape index (κ1) is 15.5. The zero-order valence-corrected chi connectivity index (χ0v) is 12.4. The van der Waals surface area contributed by atoms with Gasteiger partial charge in [0.05, 0.1) is 5.56 Å². The summed E-state index contributed by atoms with van der Waals surface area (Å²) in [6.45, 7) is 2.15. The Morgan fingerprint density at radius 3 is 2.62 bits per heavy atom. The van der Waals surface area contributed by atoms with E-state index in [9.17, 15) is 14.7 Å². The van der Waals surface area contributed by atoms with Crippen LogP contribution in [0.5, 0.6) is 0 Å². The van der Waals surface area contributed by atoms with Crippen LogP contribution in [-0.4, -0.2) is 23.1 Å². The van der Waals surface area contributed by atoms with Crippen molar-refractivity contribution in [3.63, 3.8) is 0 Å². The van der Waals surface area contributed by atoms with Gasteiger partial charge in [-0.25, -0.2) is 4.79 Å². The fraction of sp³-hybridized carbons (Fsp3) is 0.529. The van der Waals surface area contributed by atoms with Gasteiger partial charge in [0, 0.05) is 0 Å². The number of ether oxygens (including phenoxy) is 1. The molecule has 0 saturated heterocycles. The van der Waals surface area contributed by atoms with E-state index in [2.05, 4.69) is 6.92 Å². The molecule has 2 rings (SSSR count). The van der Waals surface area contributed by atoms with E-state index in [0.717, 1.165) is 19.3 Å². The van der Waals surface area contributed by atoms with Crippen molar-refractivity contribution in [3.8, 4) is 0 Å². The summed E-state index contributed by atoms with van der Waals surface area (Å²) in [5, 5.41) is 9.49. The Morgan fingerprint density at radius 2 is 1.90 bits per heavy atom. The summed E-state index contributed by atoms with van der Waals surface area (Å²) in [4.78, 5) is 23.6. The molecule has 1 aliphatic heterocycles. The number of hydrogen-bond acceptors (Lipinski definition) is 3. The van der Waals surface area contributed by atoms with Gasteiger partial charge < -0.3 is 9.84 Å². The summed E-state index contributed by atoms with van der Waals surface area (Å²) < 4.78 is 5.37. The predicted molar refractivity (Wildman–Crippen MR) is 79.4 cm³/mol. The van der Waals surface area contributed by atoms with Crippen molar-refractivity contribution in [1.82, 2.24) is 0 Å². The normalized spacial score (nSPS) is 20.7. The van der Waals surface area contributed by atoms with Gasteiger partial charge in [-0.05, 0) is 24.5 Å². The average molecular weight is 290 g/mol. The van der Waals surface area contributed by atoms with Gasteiger partial charge in [0.1, 0.15) is 12.0 Å². The molecule has 0 fully saturated rings. The minimum atomic E-state index is -0.923. The molecule has 0 saturated carbocycles. The monoisotopic (exact) mass is 290 g/mol. The van der Waals surface area contributed by atoms with Crippen molar-refractivity contribution in [1.29, 1.82) is 0 Å². The van der Waals surface area contributed by atoms with Gasteiger partial charge in [-0.3, -0.25) is 4.79 Å². The van der Waals surface area contributed by atoms with Crippen molar-refractivity contribution in [2.75, 3.05) is 0 Å². The van der Waals surface area contributed by atoms with E-state index in [4.69, 9.17) is 4.74 Å². The fourth-order valence-electron chi connectivity index (χ4n) is 2.89. The topological polar surface area (TPSA) is 63.6 Å². The van der Waals surface area contributed by atoms with Crippen LogP contribution < -0.4 is 0 Å². The molecule has 4 nitrogen and oxygen atoms in total. The second kappa shape index (κ2) is 7.25. The van der Waals surface area contributed by atoms with Gasteiger partial charge in [0.2, 0.25) is 0 Å². The second-order valence-corrected chi connectivity index (χ2v) is 5.55. The number of fused-ring (bicyclic) bond motifs is 1. The van der Waals surface area contributed by atoms with E-state index < -0.39 is 24.0 Å². The highest BCUT2D eigenvalue weighted by atomic mass is 16.5. The first-order valence-electron chi connectivity index (χ1n) is 7.68. The largest absolute Gasteiger partial charge is 0.481 e. The molecule has 0 spiro atoms. The molecule has 2 atom stereocenters. The Bertz CT molecular complexity index is 509. The Morgan fingerprint density at radius 1 is 1.19 bits per heavy atom. The number of carbonyl (C=O) groups is 2. The number of carbonyl (C=O) groups excluding carboxylic acids is 1. The van der Waals surface area contributed by atoms with Crippen LogP contribution in [-0.2, 0) is 9.53 Å². The molecule has 0 bridgehead atoms. The quantitative estimate of drug-likeness (QED) is 0.613. The lowest BCUT2D eigenvalue weighted by Gasteiger charge is -2.30. The van der Waals surface area contributed by atoms with E-state index in [0.29, 0.717) is 17.5 Å². The standard InChI is InChI=1S/C17H22O4/c1-2-3-4-5-6-11-14-15(16(18)19)12-9-7-8-10-13(12)17(20)21-14/h7-10,14-15H,2-6,11H2,1H3,(H,18,19)/t14-,15+/m0/s1. The SMILES string of the molecule is CCCCCCC[C@@H]1OC(=O)c2ccccc2[C@H]1C(=O)O. The maximum Gasteiger partial charge on any atom is 0.338 e. The minimum absolute atomic E-state index is 0.382. The highest BCUT2D eigenvalue weighted by Crippen LogP contribution is 2.34. The molecule has 0 amide bonds. The highest BCUT2D eigenvalue weighted by Gasteiger charge is 2.39. The van der Waals surface area contributed by atoms with Crippen molar-refractivity contribution in [3.05, 3.63) is 35.4 Å². The summed E-state index contributed by atoms with van der Waals surface area (Å²) in [7, 11) is 0. The summed E-state index contributed by atoms with van der Waals surface area (Å²) in [5.41, 5.74) is 0.965. The van der Waals surface area contributed by atoms with Gasteiger partial charge >= 0.3 is 11.9 Å². The van der Waals surface area contributed by atoms with Crippen LogP contribution >= 0.6 is 0 Å². The van der Waals surface area contributed by atoms with Crippen LogP contribution in [0.2, 0.25) is 0 Å². The molecule has 114 valence electrons. The molecule has 4 heteroatoms. The van der Waals surface area contributed by atoms with Gasteiger partial charge in [-0.15, -0.1) is 0 Å². The molecule has 1 aromatic carbocycles. The van der Waals surface area contributed by atoms with E-state index >= 15 is 0 Å². The van der Waals surface area contributed by atoms with E-state index in [1.54, 1.807) is 24.3 Å². The molecule has 1 N–H and O–H groups in total. The maximum atomic E-state index is 12.0. The first-order chi connectivity index (χ1) is 10.1. The Labute approximate surface area is 125 Å². The number of cyclic esters (lactones) is 1. The molecule has 21 heavy (non-hydrogen) atoms.